The van der Waals surface area contributed by atoms with Crippen LogP contribution < -0.4 is 4.74 Å². The van der Waals surface area contributed by atoms with Gasteiger partial charge in [0.2, 0.25) is 5.91 Å². The molecule has 0 saturated carbocycles. The Kier molecular flexibility index (Phi) is 8.71. The molecule has 7 nitrogen and oxygen atoms in total. The number of carbonyl (C=O) groups excluding carboxylic acids is 2. The lowest BCUT2D eigenvalue weighted by molar-refractivity contribution is -0.134. The van der Waals surface area contributed by atoms with Gasteiger partial charge >= 0.3 is 5.97 Å². The number of halogens is 2. The average Bonchev–Trinajstić information content (AvgIpc) is 3.38. The Balaban J connectivity index is 1.62. The third-order valence-corrected chi connectivity index (χ3v) is 6.83. The second-order valence-electron chi connectivity index (χ2n) is 8.50. The molecule has 1 heterocycles. The lowest BCUT2D eigenvalue weighted by Crippen LogP contribution is -2.24. The van der Waals surface area contributed by atoms with Crippen LogP contribution in [-0.4, -0.2) is 36.8 Å². The zero-order valence-electron chi connectivity index (χ0n) is 21.1. The summed E-state index contributed by atoms with van der Waals surface area (Å²) >= 11 is 12.3. The first-order valence-corrected chi connectivity index (χ1v) is 12.5. The molecule has 0 saturated heterocycles. The molecule has 1 unspecified atom stereocenters. The normalized spacial score (nSPS) is 15.2. The number of methoxy groups -OCH3 is 2. The van der Waals surface area contributed by atoms with Gasteiger partial charge in [0.25, 0.3) is 0 Å². The Labute approximate surface area is 231 Å². The summed E-state index contributed by atoms with van der Waals surface area (Å²) in [5.41, 5.74) is 3.99. The van der Waals surface area contributed by atoms with Gasteiger partial charge in [-0.25, -0.2) is 9.80 Å². The molecule has 1 aliphatic rings. The van der Waals surface area contributed by atoms with Crippen molar-refractivity contribution in [2.24, 2.45) is 5.10 Å². The van der Waals surface area contributed by atoms with Crippen molar-refractivity contribution in [1.82, 2.24) is 5.01 Å². The number of nitrogens with zero attached hydrogens (tertiary/aromatic N) is 2. The minimum atomic E-state index is -0.516. The number of hydrogen-bond acceptors (Lipinski definition) is 6. The van der Waals surface area contributed by atoms with E-state index in [1.807, 2.05) is 48.5 Å². The van der Waals surface area contributed by atoms with E-state index in [1.54, 1.807) is 18.2 Å². The van der Waals surface area contributed by atoms with Gasteiger partial charge < -0.3 is 14.2 Å². The van der Waals surface area contributed by atoms with Gasteiger partial charge in [0.1, 0.15) is 17.9 Å². The van der Waals surface area contributed by atoms with E-state index in [2.05, 4.69) is 5.10 Å². The van der Waals surface area contributed by atoms with E-state index in [-0.39, 0.29) is 24.1 Å². The highest BCUT2D eigenvalue weighted by molar-refractivity contribution is 6.42. The number of rotatable bonds is 8. The van der Waals surface area contributed by atoms with Gasteiger partial charge in [-0.1, -0.05) is 65.7 Å². The summed E-state index contributed by atoms with van der Waals surface area (Å²) in [4.78, 5) is 24.8. The summed E-state index contributed by atoms with van der Waals surface area (Å²) in [6, 6.07) is 19.9. The lowest BCUT2D eigenvalue weighted by atomic mass is 9.98. The van der Waals surface area contributed by atoms with Crippen molar-refractivity contribution in [2.75, 3.05) is 14.2 Å². The number of carbonyl (C=O) groups is 2. The molecule has 0 spiro atoms. The van der Waals surface area contributed by atoms with Crippen LogP contribution in [0.5, 0.6) is 5.75 Å². The monoisotopic (exact) mass is 552 g/mol. The molecule has 0 radical (unpaired) electrons. The van der Waals surface area contributed by atoms with Gasteiger partial charge in [-0.2, -0.15) is 5.10 Å². The minimum absolute atomic E-state index is 0.172. The first-order chi connectivity index (χ1) is 18.3. The molecule has 3 aromatic rings. The van der Waals surface area contributed by atoms with Crippen LogP contribution >= 0.6 is 23.2 Å². The van der Waals surface area contributed by atoms with Crippen LogP contribution in [0.4, 0.5) is 0 Å². The van der Waals surface area contributed by atoms with Crippen LogP contribution in [0, 0.1) is 0 Å². The van der Waals surface area contributed by atoms with Crippen molar-refractivity contribution in [3.05, 3.63) is 105 Å². The molecule has 1 aliphatic heterocycles. The molecule has 3 aromatic carbocycles. The second kappa shape index (κ2) is 12.2. The van der Waals surface area contributed by atoms with Crippen molar-refractivity contribution >= 4 is 46.4 Å². The van der Waals surface area contributed by atoms with E-state index in [0.717, 1.165) is 16.7 Å². The highest BCUT2D eigenvalue weighted by Crippen LogP contribution is 2.37. The second-order valence-corrected chi connectivity index (χ2v) is 9.32. The molecule has 38 heavy (non-hydrogen) atoms. The van der Waals surface area contributed by atoms with Gasteiger partial charge in [0.05, 0.1) is 42.3 Å². The summed E-state index contributed by atoms with van der Waals surface area (Å²) in [5, 5.41) is 6.96. The maximum absolute atomic E-state index is 12.5. The molecule has 4 rings (SSSR count). The fraction of sp³-hybridized carbons (Fsp3) is 0.207. The van der Waals surface area contributed by atoms with Gasteiger partial charge in [-0.05, 0) is 41.0 Å². The van der Waals surface area contributed by atoms with Crippen LogP contribution in [0.2, 0.25) is 10.0 Å². The van der Waals surface area contributed by atoms with Gasteiger partial charge in [0.15, 0.2) is 0 Å². The quantitative estimate of drug-likeness (QED) is 0.183. The maximum Gasteiger partial charge on any atom is 0.341 e. The van der Waals surface area contributed by atoms with Crippen molar-refractivity contribution in [2.45, 2.75) is 26.0 Å². The van der Waals surface area contributed by atoms with E-state index in [0.29, 0.717) is 33.5 Å². The molecule has 0 N–H and O–H groups in total. The van der Waals surface area contributed by atoms with Crippen LogP contribution in [-0.2, 0) is 25.7 Å². The highest BCUT2D eigenvalue weighted by Gasteiger charge is 2.32. The van der Waals surface area contributed by atoms with Crippen molar-refractivity contribution in [3.63, 3.8) is 0 Å². The molecule has 0 aromatic heterocycles. The summed E-state index contributed by atoms with van der Waals surface area (Å²) in [6.07, 6.45) is 1.82. The van der Waals surface area contributed by atoms with E-state index >= 15 is 0 Å². The lowest BCUT2D eigenvalue weighted by Gasteiger charge is -2.20. The molecular weight excluding hydrogens is 527 g/mol. The first-order valence-electron chi connectivity index (χ1n) is 11.8. The van der Waals surface area contributed by atoms with E-state index in [4.69, 9.17) is 37.4 Å². The van der Waals surface area contributed by atoms with E-state index in [1.165, 1.54) is 32.4 Å². The van der Waals surface area contributed by atoms with Crippen LogP contribution in [0.3, 0.4) is 0 Å². The summed E-state index contributed by atoms with van der Waals surface area (Å²) in [6.45, 7) is 1.65. The molecule has 1 atom stereocenters. The Morgan fingerprint density at radius 3 is 2.47 bits per heavy atom. The van der Waals surface area contributed by atoms with Gasteiger partial charge in [0, 0.05) is 18.9 Å². The predicted octanol–water partition coefficient (Wildman–Crippen LogP) is 6.43. The third-order valence-electron chi connectivity index (χ3n) is 6.09. The molecule has 1 amide bonds. The van der Waals surface area contributed by atoms with Crippen LogP contribution in [0.25, 0.3) is 5.57 Å². The third kappa shape index (κ3) is 5.85. The molecule has 196 valence electrons. The zero-order valence-corrected chi connectivity index (χ0v) is 22.6. The fourth-order valence-corrected chi connectivity index (χ4v) is 4.59. The topological polar surface area (TPSA) is 77.4 Å². The molecular formula is C29H26Cl2N2O5. The zero-order chi connectivity index (χ0) is 27.2. The maximum atomic E-state index is 12.5. The molecule has 0 aliphatic carbocycles. The van der Waals surface area contributed by atoms with Gasteiger partial charge in [-0.3, -0.25) is 4.79 Å². The van der Waals surface area contributed by atoms with E-state index in [9.17, 15) is 9.59 Å². The van der Waals surface area contributed by atoms with Crippen molar-refractivity contribution < 1.29 is 23.8 Å². The molecule has 0 bridgehead atoms. The smallest absolute Gasteiger partial charge is 0.341 e. The number of hydrazone groups is 1. The SMILES string of the molecule is CO/C=C(/C(=O)OC)c1ccccc1COc1ccccc1C1=NN(C(C)=O)C(c2ccc(Cl)c(Cl)c2)C1. The van der Waals surface area contributed by atoms with Gasteiger partial charge in [-0.15, -0.1) is 0 Å². The number of benzene rings is 3. The van der Waals surface area contributed by atoms with Crippen molar-refractivity contribution in [1.29, 1.82) is 0 Å². The van der Waals surface area contributed by atoms with Crippen LogP contribution in [0.15, 0.2) is 78.1 Å². The number of amides is 1. The van der Waals surface area contributed by atoms with E-state index < -0.39 is 5.97 Å². The Hall–Kier alpha value is -3.81. The Bertz CT molecular complexity index is 1420. The minimum Gasteiger partial charge on any atom is -0.503 e. The summed E-state index contributed by atoms with van der Waals surface area (Å²) < 4.78 is 16.3. The Morgan fingerprint density at radius 1 is 1.03 bits per heavy atom. The summed E-state index contributed by atoms with van der Waals surface area (Å²) in [7, 11) is 2.79. The van der Waals surface area contributed by atoms with Crippen LogP contribution in [0.1, 0.15) is 41.6 Å². The number of hydrogen-bond donors (Lipinski definition) is 0. The molecule has 9 heteroatoms. The highest BCUT2D eigenvalue weighted by atomic mass is 35.5. The average molecular weight is 553 g/mol. The summed E-state index contributed by atoms with van der Waals surface area (Å²) in [5.74, 6) is -0.115. The number of para-hydroxylation sites is 1. The number of esters is 1. The first kappa shape index (κ1) is 27.2. The standard InChI is InChI=1S/C29H26Cl2N2O5/c1-18(34)33-27(19-12-13-24(30)25(31)14-19)15-26(32-33)22-10-6-7-11-28(22)38-16-20-8-4-5-9-21(20)23(17-36-2)29(35)37-3/h4-14,17,27H,15-16H2,1-3H3/b23-17+. The number of ether oxygens (including phenoxy) is 3. The Morgan fingerprint density at radius 2 is 1.76 bits per heavy atom. The molecule has 0 fully saturated rings. The largest absolute Gasteiger partial charge is 0.503 e. The van der Waals surface area contributed by atoms with Crippen molar-refractivity contribution in [3.8, 4) is 5.75 Å². The predicted molar refractivity (Wildman–Crippen MR) is 147 cm³/mol. The fourth-order valence-electron chi connectivity index (χ4n) is 4.29.